The Kier molecular flexibility index (Phi) is 5.00. The number of nitrogens with zero attached hydrogens (tertiary/aromatic N) is 5. The summed E-state index contributed by atoms with van der Waals surface area (Å²) in [4.78, 5) is 20.4. The smallest absolute Gasteiger partial charge is 0.401 e. The molecule has 3 aliphatic rings. The number of aromatic nitrogens is 3. The molecule has 0 radical (unpaired) electrons. The molecular weight excluding hydrogens is 477 g/mol. The van der Waals surface area contributed by atoms with Crippen molar-refractivity contribution in [1.29, 1.82) is 0 Å². The van der Waals surface area contributed by atoms with E-state index in [0.717, 1.165) is 5.56 Å². The predicted octanol–water partition coefficient (Wildman–Crippen LogP) is 2.01. The number of ether oxygens (including phenoxy) is 1. The molecule has 5 heterocycles. The van der Waals surface area contributed by atoms with Crippen LogP contribution in [0, 0.1) is 0 Å². The number of aliphatic hydroxyl groups is 1. The summed E-state index contributed by atoms with van der Waals surface area (Å²) < 4.78 is 46.7. The number of aliphatic hydroxyl groups excluding tert-OH is 1. The first-order chi connectivity index (χ1) is 17.0. The molecule has 3 aromatic rings. The number of hydrogen-bond donors (Lipinski definition) is 2. The minimum atomic E-state index is -4.25. The van der Waals surface area contributed by atoms with Gasteiger partial charge >= 0.3 is 6.18 Å². The summed E-state index contributed by atoms with van der Waals surface area (Å²) in [6.07, 6.45) is 0.0267. The average molecular weight is 502 g/mol. The number of carbonyl (C=O) groups is 1. The minimum absolute atomic E-state index is 0.132. The van der Waals surface area contributed by atoms with Crippen LogP contribution in [0.25, 0.3) is 16.9 Å². The highest BCUT2D eigenvalue weighted by atomic mass is 19.4. The number of primary amides is 1. The summed E-state index contributed by atoms with van der Waals surface area (Å²) in [5.41, 5.74) is 8.00. The number of amides is 1. The molecule has 6 rings (SSSR count). The van der Waals surface area contributed by atoms with Gasteiger partial charge in [-0.25, -0.2) is 9.50 Å². The molecule has 2 bridgehead atoms. The highest BCUT2D eigenvalue weighted by molar-refractivity contribution is 6.06. The van der Waals surface area contributed by atoms with Crippen molar-refractivity contribution in [3.8, 4) is 17.0 Å². The van der Waals surface area contributed by atoms with Gasteiger partial charge in [-0.3, -0.25) is 9.69 Å². The molecule has 2 saturated heterocycles. The average Bonchev–Trinajstić information content (AvgIpc) is 3.56. The molecule has 0 saturated carbocycles. The third-order valence-electron chi connectivity index (χ3n) is 7.38. The van der Waals surface area contributed by atoms with E-state index in [1.807, 2.05) is 19.1 Å². The second kappa shape index (κ2) is 7.81. The molecule has 0 spiro atoms. The first kappa shape index (κ1) is 23.0. The Morgan fingerprint density at radius 3 is 2.78 bits per heavy atom. The number of nitrogens with two attached hydrogens (primary N) is 1. The molecule has 12 heteroatoms. The lowest BCUT2D eigenvalue weighted by atomic mass is 9.95. The fourth-order valence-electron chi connectivity index (χ4n) is 5.84. The molecule has 0 unspecified atom stereocenters. The van der Waals surface area contributed by atoms with Gasteiger partial charge in [0.05, 0.1) is 18.8 Å². The second-order valence-electron chi connectivity index (χ2n) is 10.1. The Morgan fingerprint density at radius 1 is 1.31 bits per heavy atom. The number of carbonyl (C=O) groups excluding carboxylic acids is 1. The Hall–Kier alpha value is -3.38. The van der Waals surface area contributed by atoms with Crippen LogP contribution >= 0.6 is 0 Å². The lowest BCUT2D eigenvalue weighted by Crippen LogP contribution is -2.49. The van der Waals surface area contributed by atoms with Crippen molar-refractivity contribution in [2.75, 3.05) is 31.1 Å². The number of hydrogen-bond acceptors (Lipinski definition) is 7. The van der Waals surface area contributed by atoms with Crippen molar-refractivity contribution in [3.63, 3.8) is 0 Å². The van der Waals surface area contributed by atoms with Gasteiger partial charge in [0.15, 0.2) is 5.65 Å². The number of halogens is 3. The molecule has 9 nitrogen and oxygen atoms in total. The van der Waals surface area contributed by atoms with Crippen LogP contribution in [0.4, 0.5) is 18.9 Å². The van der Waals surface area contributed by atoms with Crippen LogP contribution in [0.1, 0.15) is 29.3 Å². The summed E-state index contributed by atoms with van der Waals surface area (Å²) in [5.74, 6) is -0.0800. The van der Waals surface area contributed by atoms with Crippen LogP contribution in [0.5, 0.6) is 5.75 Å². The second-order valence-corrected chi connectivity index (χ2v) is 10.1. The van der Waals surface area contributed by atoms with Gasteiger partial charge in [-0.1, -0.05) is 0 Å². The van der Waals surface area contributed by atoms with Crippen LogP contribution in [0.3, 0.4) is 0 Å². The predicted molar refractivity (Wildman–Crippen MR) is 124 cm³/mol. The van der Waals surface area contributed by atoms with E-state index in [4.69, 9.17) is 10.5 Å². The maximum atomic E-state index is 13.1. The van der Waals surface area contributed by atoms with Gasteiger partial charge in [0.1, 0.15) is 22.6 Å². The molecule has 2 fully saturated rings. The van der Waals surface area contributed by atoms with E-state index in [1.165, 1.54) is 9.42 Å². The van der Waals surface area contributed by atoms with E-state index < -0.39 is 24.2 Å². The summed E-state index contributed by atoms with van der Waals surface area (Å²) in [7, 11) is 0. The number of benzene rings is 1. The fraction of sp³-hybridized carbons (Fsp3) is 0.458. The summed E-state index contributed by atoms with van der Waals surface area (Å²) >= 11 is 0. The summed E-state index contributed by atoms with van der Waals surface area (Å²) in [6, 6.07) is 5.06. The highest BCUT2D eigenvalue weighted by Crippen LogP contribution is 2.47. The molecule has 2 aromatic heterocycles. The zero-order valence-corrected chi connectivity index (χ0v) is 19.5. The van der Waals surface area contributed by atoms with Crippen molar-refractivity contribution in [2.45, 2.75) is 43.6 Å². The van der Waals surface area contributed by atoms with Gasteiger partial charge in [-0.05, 0) is 31.0 Å². The number of anilines is 1. The Labute approximate surface area is 204 Å². The van der Waals surface area contributed by atoms with Crippen molar-refractivity contribution >= 4 is 17.2 Å². The Bertz CT molecular complexity index is 1380. The van der Waals surface area contributed by atoms with Crippen LogP contribution in [-0.4, -0.2) is 80.6 Å². The third-order valence-corrected chi connectivity index (χ3v) is 7.38. The van der Waals surface area contributed by atoms with Crippen LogP contribution in [0.2, 0.25) is 0 Å². The number of rotatable bonds is 5. The fourth-order valence-corrected chi connectivity index (χ4v) is 5.84. The van der Waals surface area contributed by atoms with Gasteiger partial charge in [0.25, 0.3) is 5.91 Å². The normalized spacial score (nSPS) is 25.5. The van der Waals surface area contributed by atoms with Crippen molar-refractivity contribution < 1.29 is 27.8 Å². The lowest BCUT2D eigenvalue weighted by Gasteiger charge is -2.36. The molecule has 1 amide bonds. The first-order valence-corrected chi connectivity index (χ1v) is 11.7. The molecule has 3 N–H and O–H groups in total. The van der Waals surface area contributed by atoms with E-state index in [0.29, 0.717) is 47.7 Å². The number of likely N-dealkylation sites (tertiary alicyclic amines) is 1. The van der Waals surface area contributed by atoms with Gasteiger partial charge in [-0.15, -0.1) is 0 Å². The molecule has 36 heavy (non-hydrogen) atoms. The van der Waals surface area contributed by atoms with Gasteiger partial charge < -0.3 is 20.5 Å². The van der Waals surface area contributed by atoms with Crippen LogP contribution in [-0.2, 0) is 6.42 Å². The zero-order chi connectivity index (χ0) is 25.4. The molecular formula is C24H25F3N6O3. The summed E-state index contributed by atoms with van der Waals surface area (Å²) in [6.45, 7) is 1.38. The topological polar surface area (TPSA) is 109 Å². The van der Waals surface area contributed by atoms with Gasteiger partial charge in [0, 0.05) is 55.6 Å². The maximum absolute atomic E-state index is 13.1. The van der Waals surface area contributed by atoms with Gasteiger partial charge in [0.2, 0.25) is 0 Å². The van der Waals surface area contributed by atoms with Crippen molar-refractivity contribution in [2.24, 2.45) is 5.73 Å². The third kappa shape index (κ3) is 3.66. The van der Waals surface area contributed by atoms with E-state index in [2.05, 4.69) is 15.0 Å². The number of piperazine rings is 1. The monoisotopic (exact) mass is 502 g/mol. The quantitative estimate of drug-likeness (QED) is 0.549. The Morgan fingerprint density at radius 2 is 2.11 bits per heavy atom. The van der Waals surface area contributed by atoms with Crippen LogP contribution in [0.15, 0.2) is 30.6 Å². The zero-order valence-electron chi connectivity index (χ0n) is 19.5. The van der Waals surface area contributed by atoms with Crippen molar-refractivity contribution in [3.05, 3.63) is 41.7 Å². The highest BCUT2D eigenvalue weighted by Gasteiger charge is 2.48. The van der Waals surface area contributed by atoms with E-state index in [1.54, 1.807) is 18.5 Å². The maximum Gasteiger partial charge on any atom is 0.401 e. The minimum Gasteiger partial charge on any atom is -0.484 e. The molecule has 3 aliphatic heterocycles. The SMILES string of the molecule is C[C@@]1(CO)Cc2cc(-c3nn4cccnc4c3C(N)=O)c(N3C[C@H]4C[C@@H]3CN4CC(F)(F)F)cc2O1. The standard InChI is InChI=1S/C24H25F3N6O3/c1-23(12-34)8-13-5-16(20-19(21(28)35)22-29-3-2-4-33(22)30-20)17(7-18(13)36-23)32-10-14-6-15(32)9-31(14)11-24(25,26)27/h2-5,7,14-15,34H,6,8-12H2,1H3,(H2,28,35)/t14-,15-,23+/m1/s1. The Balaban J connectivity index is 1.47. The first-order valence-electron chi connectivity index (χ1n) is 11.7. The van der Waals surface area contributed by atoms with E-state index >= 15 is 0 Å². The molecule has 190 valence electrons. The van der Waals surface area contributed by atoms with E-state index in [9.17, 15) is 23.1 Å². The van der Waals surface area contributed by atoms with Crippen LogP contribution < -0.4 is 15.4 Å². The number of alkyl halides is 3. The van der Waals surface area contributed by atoms with Crippen molar-refractivity contribution in [1.82, 2.24) is 19.5 Å². The van der Waals surface area contributed by atoms with E-state index in [-0.39, 0.29) is 30.8 Å². The van der Waals surface area contributed by atoms with Gasteiger partial charge in [-0.2, -0.15) is 18.3 Å². The number of fused-ring (bicyclic) bond motifs is 4. The lowest BCUT2D eigenvalue weighted by molar-refractivity contribution is -0.148. The largest absolute Gasteiger partial charge is 0.484 e. The summed E-state index contributed by atoms with van der Waals surface area (Å²) in [5, 5.41) is 14.5. The molecule has 1 aromatic carbocycles. The molecule has 3 atom stereocenters. The molecule has 0 aliphatic carbocycles.